The number of carboxylic acid groups (broad SMARTS) is 1. The van der Waals surface area contributed by atoms with Crippen LogP contribution < -0.4 is 10.1 Å². The van der Waals surface area contributed by atoms with Crippen molar-refractivity contribution in [3.8, 4) is 5.75 Å². The van der Waals surface area contributed by atoms with Gasteiger partial charge in [-0.25, -0.2) is 0 Å². The van der Waals surface area contributed by atoms with Crippen molar-refractivity contribution in [2.45, 2.75) is 26.2 Å². The number of carbonyl (C=O) groups excluding carboxylic acids is 1. The predicted octanol–water partition coefficient (Wildman–Crippen LogP) is 1.61. The topological polar surface area (TPSA) is 75.6 Å². The molecule has 0 aromatic heterocycles. The predicted molar refractivity (Wildman–Crippen MR) is 73.6 cm³/mol. The molecule has 0 radical (unpaired) electrons. The van der Waals surface area contributed by atoms with Crippen molar-refractivity contribution in [3.05, 3.63) is 29.8 Å². The number of hydrogen-bond donors (Lipinski definition) is 2. The standard InChI is InChI=1S/C15H19NO4/c1-2-11-5-3-4-6-12(11)20-9-13(17)16-10-15(7-8-15)14(18)19/h3-6H,2,7-10H2,1H3,(H,16,17)(H,18,19). The van der Waals surface area contributed by atoms with Gasteiger partial charge in [0.15, 0.2) is 6.61 Å². The minimum Gasteiger partial charge on any atom is -0.483 e. The second-order valence-electron chi connectivity index (χ2n) is 5.11. The number of benzene rings is 1. The molecule has 1 amide bonds. The van der Waals surface area contributed by atoms with Crippen LogP contribution in [0.2, 0.25) is 0 Å². The van der Waals surface area contributed by atoms with Gasteiger partial charge in [0.1, 0.15) is 5.75 Å². The Labute approximate surface area is 117 Å². The molecule has 2 rings (SSSR count). The zero-order valence-corrected chi connectivity index (χ0v) is 11.5. The first-order valence-corrected chi connectivity index (χ1v) is 6.78. The molecule has 0 unspecified atom stereocenters. The Morgan fingerprint density at radius 3 is 2.65 bits per heavy atom. The van der Waals surface area contributed by atoms with Crippen LogP contribution in [0.1, 0.15) is 25.3 Å². The van der Waals surface area contributed by atoms with Crippen molar-refractivity contribution in [2.24, 2.45) is 5.41 Å². The van der Waals surface area contributed by atoms with Gasteiger partial charge in [-0.15, -0.1) is 0 Å². The molecular weight excluding hydrogens is 258 g/mol. The lowest BCUT2D eigenvalue weighted by Gasteiger charge is -2.13. The first kappa shape index (κ1) is 14.4. The van der Waals surface area contributed by atoms with E-state index in [0.29, 0.717) is 18.6 Å². The Hall–Kier alpha value is -2.04. The van der Waals surface area contributed by atoms with E-state index < -0.39 is 11.4 Å². The summed E-state index contributed by atoms with van der Waals surface area (Å²) < 4.78 is 5.48. The number of ether oxygens (including phenoxy) is 1. The molecule has 0 saturated heterocycles. The zero-order valence-electron chi connectivity index (χ0n) is 11.5. The van der Waals surface area contributed by atoms with Gasteiger partial charge >= 0.3 is 5.97 Å². The molecule has 1 aromatic carbocycles. The van der Waals surface area contributed by atoms with Crippen LogP contribution in [0, 0.1) is 5.41 Å². The summed E-state index contributed by atoms with van der Waals surface area (Å²) in [7, 11) is 0. The van der Waals surface area contributed by atoms with Crippen LogP contribution in [0.15, 0.2) is 24.3 Å². The van der Waals surface area contributed by atoms with Crippen molar-refractivity contribution in [1.82, 2.24) is 5.32 Å². The fourth-order valence-corrected chi connectivity index (χ4v) is 2.02. The summed E-state index contributed by atoms with van der Waals surface area (Å²) in [6, 6.07) is 7.56. The molecule has 5 nitrogen and oxygen atoms in total. The number of amides is 1. The van der Waals surface area contributed by atoms with E-state index in [1.54, 1.807) is 0 Å². The normalized spacial score (nSPS) is 15.4. The third kappa shape index (κ3) is 3.29. The smallest absolute Gasteiger partial charge is 0.311 e. The molecule has 5 heteroatoms. The van der Waals surface area contributed by atoms with Gasteiger partial charge in [0.25, 0.3) is 5.91 Å². The molecule has 1 aromatic rings. The molecular formula is C15H19NO4. The Kier molecular flexibility index (Phi) is 4.27. The first-order chi connectivity index (χ1) is 9.57. The SMILES string of the molecule is CCc1ccccc1OCC(=O)NCC1(C(=O)O)CC1. The first-order valence-electron chi connectivity index (χ1n) is 6.78. The minimum atomic E-state index is -0.838. The largest absolute Gasteiger partial charge is 0.483 e. The molecule has 0 spiro atoms. The summed E-state index contributed by atoms with van der Waals surface area (Å²) in [5.41, 5.74) is 0.307. The molecule has 1 fully saturated rings. The maximum Gasteiger partial charge on any atom is 0.311 e. The van der Waals surface area contributed by atoms with Crippen molar-refractivity contribution in [2.75, 3.05) is 13.2 Å². The van der Waals surface area contributed by atoms with Crippen LogP contribution >= 0.6 is 0 Å². The molecule has 108 valence electrons. The Bertz CT molecular complexity index is 508. The highest BCUT2D eigenvalue weighted by atomic mass is 16.5. The van der Waals surface area contributed by atoms with Crippen molar-refractivity contribution < 1.29 is 19.4 Å². The van der Waals surface area contributed by atoms with E-state index in [1.165, 1.54) is 0 Å². The third-order valence-electron chi connectivity index (χ3n) is 3.64. The van der Waals surface area contributed by atoms with E-state index in [1.807, 2.05) is 31.2 Å². The van der Waals surface area contributed by atoms with E-state index in [9.17, 15) is 9.59 Å². The van der Waals surface area contributed by atoms with Gasteiger partial charge in [0.05, 0.1) is 5.41 Å². The fraction of sp³-hybridized carbons (Fsp3) is 0.467. The average Bonchev–Trinajstić information content (AvgIpc) is 3.24. The molecule has 2 N–H and O–H groups in total. The van der Waals surface area contributed by atoms with Gasteiger partial charge in [-0.05, 0) is 30.9 Å². The van der Waals surface area contributed by atoms with E-state index >= 15 is 0 Å². The van der Waals surface area contributed by atoms with Gasteiger partial charge in [-0.2, -0.15) is 0 Å². The van der Waals surface area contributed by atoms with E-state index in [-0.39, 0.29) is 19.1 Å². The van der Waals surface area contributed by atoms with Crippen molar-refractivity contribution in [1.29, 1.82) is 0 Å². The summed E-state index contributed by atoms with van der Waals surface area (Å²) in [6.45, 7) is 2.11. The van der Waals surface area contributed by atoms with Crippen LogP contribution in [0.3, 0.4) is 0 Å². The number of carbonyl (C=O) groups is 2. The van der Waals surface area contributed by atoms with Crippen molar-refractivity contribution >= 4 is 11.9 Å². The second-order valence-corrected chi connectivity index (χ2v) is 5.11. The maximum atomic E-state index is 11.7. The van der Waals surface area contributed by atoms with Gasteiger partial charge in [-0.1, -0.05) is 25.1 Å². The third-order valence-corrected chi connectivity index (χ3v) is 3.64. The van der Waals surface area contributed by atoms with Gasteiger partial charge < -0.3 is 15.2 Å². The lowest BCUT2D eigenvalue weighted by molar-refractivity contribution is -0.143. The fourth-order valence-electron chi connectivity index (χ4n) is 2.02. The highest BCUT2D eigenvalue weighted by molar-refractivity contribution is 5.81. The molecule has 0 bridgehead atoms. The van der Waals surface area contributed by atoms with E-state index in [0.717, 1.165) is 12.0 Å². The number of rotatable bonds is 7. The highest BCUT2D eigenvalue weighted by Crippen LogP contribution is 2.45. The number of aliphatic carboxylic acids is 1. The van der Waals surface area contributed by atoms with E-state index in [2.05, 4.69) is 5.32 Å². The Morgan fingerprint density at radius 1 is 1.35 bits per heavy atom. The van der Waals surface area contributed by atoms with Gasteiger partial charge in [-0.3, -0.25) is 9.59 Å². The molecule has 20 heavy (non-hydrogen) atoms. The maximum absolute atomic E-state index is 11.7. The molecule has 1 aliphatic rings. The molecule has 1 aliphatic carbocycles. The molecule has 0 atom stereocenters. The summed E-state index contributed by atoms with van der Waals surface area (Å²) in [5.74, 6) is -0.428. The van der Waals surface area contributed by atoms with Crippen LogP contribution in [-0.4, -0.2) is 30.1 Å². The Balaban J connectivity index is 1.79. The zero-order chi connectivity index (χ0) is 14.6. The van der Waals surface area contributed by atoms with E-state index in [4.69, 9.17) is 9.84 Å². The van der Waals surface area contributed by atoms with Crippen molar-refractivity contribution in [3.63, 3.8) is 0 Å². The molecule has 0 aliphatic heterocycles. The highest BCUT2D eigenvalue weighted by Gasteiger charge is 2.50. The van der Waals surface area contributed by atoms with Gasteiger partial charge in [0, 0.05) is 6.54 Å². The lowest BCUT2D eigenvalue weighted by Crippen LogP contribution is -2.36. The molecule has 0 heterocycles. The minimum absolute atomic E-state index is 0.0906. The quantitative estimate of drug-likeness (QED) is 0.794. The summed E-state index contributed by atoms with van der Waals surface area (Å²) in [4.78, 5) is 22.7. The summed E-state index contributed by atoms with van der Waals surface area (Å²) in [5, 5.41) is 11.6. The monoisotopic (exact) mass is 277 g/mol. The second kappa shape index (κ2) is 5.94. The molecule has 1 saturated carbocycles. The summed E-state index contributed by atoms with van der Waals surface area (Å²) in [6.07, 6.45) is 2.09. The number of aryl methyl sites for hydroxylation is 1. The van der Waals surface area contributed by atoms with Crippen LogP contribution in [0.4, 0.5) is 0 Å². The van der Waals surface area contributed by atoms with Gasteiger partial charge in [0.2, 0.25) is 0 Å². The lowest BCUT2D eigenvalue weighted by atomic mass is 10.1. The Morgan fingerprint density at radius 2 is 2.05 bits per heavy atom. The summed E-state index contributed by atoms with van der Waals surface area (Å²) >= 11 is 0. The average molecular weight is 277 g/mol. The number of hydrogen-bond acceptors (Lipinski definition) is 3. The number of carboxylic acids is 1. The number of nitrogens with one attached hydrogen (secondary N) is 1. The van der Waals surface area contributed by atoms with Crippen LogP contribution in [0.25, 0.3) is 0 Å². The van der Waals surface area contributed by atoms with Crippen LogP contribution in [-0.2, 0) is 16.0 Å². The van der Waals surface area contributed by atoms with Crippen LogP contribution in [0.5, 0.6) is 5.75 Å². The number of para-hydroxylation sites is 1.